The molecule has 0 aliphatic carbocycles. The first-order valence-corrected chi connectivity index (χ1v) is 10.0. The van der Waals surface area contributed by atoms with Crippen molar-refractivity contribution in [2.45, 2.75) is 25.2 Å². The Morgan fingerprint density at radius 1 is 0.966 bits per heavy atom. The van der Waals surface area contributed by atoms with E-state index in [4.69, 9.17) is 19.2 Å². The van der Waals surface area contributed by atoms with Gasteiger partial charge in [0.1, 0.15) is 29.5 Å². The van der Waals surface area contributed by atoms with Crippen LogP contribution in [0.15, 0.2) is 54.6 Å². The highest BCUT2D eigenvalue weighted by Crippen LogP contribution is 2.34. The summed E-state index contributed by atoms with van der Waals surface area (Å²) in [7, 11) is 0. The summed E-state index contributed by atoms with van der Waals surface area (Å²) in [4.78, 5) is 7.17. The van der Waals surface area contributed by atoms with Crippen molar-refractivity contribution in [3.05, 3.63) is 66.0 Å². The van der Waals surface area contributed by atoms with Crippen LogP contribution in [-0.2, 0) is 16.1 Å². The van der Waals surface area contributed by atoms with Crippen LogP contribution in [0.5, 0.6) is 5.75 Å². The van der Waals surface area contributed by atoms with Gasteiger partial charge >= 0.3 is 0 Å². The van der Waals surface area contributed by atoms with Crippen molar-refractivity contribution in [3.63, 3.8) is 0 Å². The molecule has 1 aromatic heterocycles. The molecule has 29 heavy (non-hydrogen) atoms. The lowest BCUT2D eigenvalue weighted by atomic mass is 10.0. The van der Waals surface area contributed by atoms with Crippen LogP contribution >= 0.6 is 0 Å². The van der Waals surface area contributed by atoms with Crippen molar-refractivity contribution in [1.29, 1.82) is 0 Å². The van der Waals surface area contributed by atoms with E-state index < -0.39 is 5.79 Å². The highest BCUT2D eigenvalue weighted by molar-refractivity contribution is 5.86. The number of rotatable bonds is 4. The van der Waals surface area contributed by atoms with Gasteiger partial charge in [0.2, 0.25) is 0 Å². The van der Waals surface area contributed by atoms with E-state index in [9.17, 15) is 4.39 Å². The summed E-state index contributed by atoms with van der Waals surface area (Å²) in [6.07, 6.45) is 1.69. The van der Waals surface area contributed by atoms with Gasteiger partial charge in [-0.15, -0.1) is 0 Å². The molecule has 0 bridgehead atoms. The van der Waals surface area contributed by atoms with Crippen molar-refractivity contribution in [3.8, 4) is 5.75 Å². The van der Waals surface area contributed by atoms with Crippen LogP contribution in [0.1, 0.15) is 18.4 Å². The van der Waals surface area contributed by atoms with Gasteiger partial charge in [-0.1, -0.05) is 24.3 Å². The van der Waals surface area contributed by atoms with E-state index in [0.717, 1.165) is 54.0 Å². The molecule has 0 atom stereocenters. The Labute approximate surface area is 169 Å². The van der Waals surface area contributed by atoms with Crippen LogP contribution in [-0.4, -0.2) is 37.1 Å². The lowest BCUT2D eigenvalue weighted by molar-refractivity contribution is -0.169. The number of nitrogens with zero attached hydrogens (tertiary/aromatic N) is 2. The number of halogens is 1. The third kappa shape index (κ3) is 3.78. The minimum absolute atomic E-state index is 0.248. The Hall–Kier alpha value is -2.70. The van der Waals surface area contributed by atoms with E-state index >= 15 is 0 Å². The van der Waals surface area contributed by atoms with Crippen molar-refractivity contribution in [1.82, 2.24) is 4.98 Å². The predicted octanol–water partition coefficient (Wildman–Crippen LogP) is 4.30. The molecule has 0 radical (unpaired) electrons. The minimum atomic E-state index is -0.392. The Bertz CT molecular complexity index is 993. The van der Waals surface area contributed by atoms with Gasteiger partial charge in [-0.2, -0.15) is 0 Å². The maximum Gasteiger partial charge on any atom is 0.171 e. The lowest BCUT2D eigenvalue weighted by Crippen LogP contribution is -2.45. The molecule has 3 heterocycles. The fourth-order valence-corrected chi connectivity index (χ4v) is 4.01. The predicted molar refractivity (Wildman–Crippen MR) is 109 cm³/mol. The normalized spacial score (nSPS) is 18.4. The monoisotopic (exact) mass is 394 g/mol. The summed E-state index contributed by atoms with van der Waals surface area (Å²) in [6, 6.07) is 16.4. The zero-order chi connectivity index (χ0) is 19.7. The second-order valence-corrected chi connectivity index (χ2v) is 7.51. The second kappa shape index (κ2) is 7.61. The van der Waals surface area contributed by atoms with E-state index in [-0.39, 0.29) is 5.82 Å². The standard InChI is InChI=1S/C23H23FN2O3/c24-19-7-4-17(5-8-19)16-27-20-3-1-2-18-6-9-21(25-22(18)20)26-12-10-23(11-13-26)28-14-15-29-23/h1-9H,10-16H2. The average Bonchev–Trinajstić information content (AvgIpc) is 3.21. The fraction of sp³-hybridized carbons (Fsp3) is 0.348. The second-order valence-electron chi connectivity index (χ2n) is 7.51. The number of piperidine rings is 1. The third-order valence-corrected chi connectivity index (χ3v) is 5.64. The number of ether oxygens (including phenoxy) is 3. The fourth-order valence-electron chi connectivity index (χ4n) is 4.01. The largest absolute Gasteiger partial charge is 0.487 e. The molecule has 2 aliphatic rings. The summed E-state index contributed by atoms with van der Waals surface area (Å²) in [5.74, 6) is 1.02. The molecule has 0 N–H and O–H groups in total. The van der Waals surface area contributed by atoms with E-state index in [2.05, 4.69) is 17.0 Å². The quantitative estimate of drug-likeness (QED) is 0.660. The summed E-state index contributed by atoms with van der Waals surface area (Å²) in [5, 5.41) is 1.03. The Kier molecular flexibility index (Phi) is 4.81. The van der Waals surface area contributed by atoms with Crippen molar-refractivity contribution in [2.75, 3.05) is 31.2 Å². The number of hydrogen-bond donors (Lipinski definition) is 0. The summed E-state index contributed by atoms with van der Waals surface area (Å²) >= 11 is 0. The lowest BCUT2D eigenvalue weighted by Gasteiger charge is -2.38. The van der Waals surface area contributed by atoms with E-state index in [1.54, 1.807) is 12.1 Å². The summed E-state index contributed by atoms with van der Waals surface area (Å²) in [5.41, 5.74) is 1.75. The molecule has 5 nitrogen and oxygen atoms in total. The van der Waals surface area contributed by atoms with Crippen LogP contribution in [0.3, 0.4) is 0 Å². The highest BCUT2D eigenvalue weighted by atomic mass is 19.1. The van der Waals surface area contributed by atoms with Crippen LogP contribution in [0, 0.1) is 5.82 Å². The molecule has 150 valence electrons. The van der Waals surface area contributed by atoms with Gasteiger partial charge in [0.25, 0.3) is 0 Å². The zero-order valence-corrected chi connectivity index (χ0v) is 16.1. The van der Waals surface area contributed by atoms with E-state index in [1.165, 1.54) is 12.1 Å². The molecule has 1 spiro atoms. The number of pyridine rings is 1. The molecule has 3 aromatic rings. The van der Waals surface area contributed by atoms with Gasteiger partial charge in [-0.3, -0.25) is 0 Å². The van der Waals surface area contributed by atoms with Crippen LogP contribution in [0.4, 0.5) is 10.2 Å². The van der Waals surface area contributed by atoms with E-state index in [1.807, 2.05) is 18.2 Å². The molecule has 5 rings (SSSR count). The number of aromatic nitrogens is 1. The maximum absolute atomic E-state index is 13.1. The number of hydrogen-bond acceptors (Lipinski definition) is 5. The first-order valence-electron chi connectivity index (χ1n) is 10.0. The molecule has 2 aliphatic heterocycles. The minimum Gasteiger partial charge on any atom is -0.487 e. The molecule has 0 amide bonds. The molecule has 6 heteroatoms. The number of benzene rings is 2. The topological polar surface area (TPSA) is 43.8 Å². The zero-order valence-electron chi connectivity index (χ0n) is 16.1. The first kappa shape index (κ1) is 18.3. The summed E-state index contributed by atoms with van der Waals surface area (Å²) in [6.45, 7) is 3.42. The van der Waals surface area contributed by atoms with E-state index in [0.29, 0.717) is 19.8 Å². The molecule has 2 fully saturated rings. The van der Waals surface area contributed by atoms with Gasteiger partial charge < -0.3 is 19.1 Å². The smallest absolute Gasteiger partial charge is 0.171 e. The van der Waals surface area contributed by atoms with Crippen LogP contribution in [0.2, 0.25) is 0 Å². The van der Waals surface area contributed by atoms with Gasteiger partial charge in [-0.05, 0) is 35.9 Å². The molecule has 2 aromatic carbocycles. The Balaban J connectivity index is 1.35. The van der Waals surface area contributed by atoms with Gasteiger partial charge in [0, 0.05) is 31.3 Å². The highest BCUT2D eigenvalue weighted by Gasteiger charge is 2.40. The average molecular weight is 394 g/mol. The summed E-state index contributed by atoms with van der Waals surface area (Å²) < 4.78 is 30.8. The maximum atomic E-state index is 13.1. The third-order valence-electron chi connectivity index (χ3n) is 5.64. The number of fused-ring (bicyclic) bond motifs is 1. The number of para-hydroxylation sites is 1. The van der Waals surface area contributed by atoms with Crippen molar-refractivity contribution in [2.24, 2.45) is 0 Å². The van der Waals surface area contributed by atoms with Crippen LogP contribution in [0.25, 0.3) is 10.9 Å². The Morgan fingerprint density at radius 2 is 1.72 bits per heavy atom. The molecule has 0 saturated carbocycles. The molecular formula is C23H23FN2O3. The van der Waals surface area contributed by atoms with Crippen molar-refractivity contribution < 1.29 is 18.6 Å². The van der Waals surface area contributed by atoms with Crippen molar-refractivity contribution >= 4 is 16.7 Å². The first-order chi connectivity index (χ1) is 14.2. The SMILES string of the molecule is Fc1ccc(COc2cccc3ccc(N4CCC5(CC4)OCCO5)nc23)cc1. The Morgan fingerprint density at radius 3 is 2.48 bits per heavy atom. The molecule has 2 saturated heterocycles. The molecule has 0 unspecified atom stereocenters. The van der Waals surface area contributed by atoms with Gasteiger partial charge in [0.05, 0.1) is 13.2 Å². The molecular weight excluding hydrogens is 371 g/mol. The number of anilines is 1. The van der Waals surface area contributed by atoms with Gasteiger partial charge in [0.15, 0.2) is 5.79 Å². The van der Waals surface area contributed by atoms with Crippen LogP contribution < -0.4 is 9.64 Å². The van der Waals surface area contributed by atoms with Gasteiger partial charge in [-0.25, -0.2) is 9.37 Å².